The highest BCUT2D eigenvalue weighted by atomic mass is 32.2. The molecular formula is C16H22N2O2S. The van der Waals surface area contributed by atoms with E-state index in [1.807, 2.05) is 29.2 Å². The minimum atomic E-state index is -0.249. The molecule has 5 heteroatoms. The summed E-state index contributed by atoms with van der Waals surface area (Å²) < 4.78 is 0. The fraction of sp³-hybridized carbons (Fsp3) is 0.500. The number of nitrogens with two attached hydrogens (primary N) is 1. The van der Waals surface area contributed by atoms with E-state index in [4.69, 9.17) is 5.73 Å². The number of amides is 2. The number of piperidine rings is 1. The van der Waals surface area contributed by atoms with Gasteiger partial charge in [0.25, 0.3) is 5.91 Å². The summed E-state index contributed by atoms with van der Waals surface area (Å²) in [5.74, 6) is 0.741. The molecule has 0 aliphatic carbocycles. The molecule has 1 fully saturated rings. The van der Waals surface area contributed by atoms with E-state index in [0.29, 0.717) is 25.9 Å². The standard InChI is InChI=1S/C16H22N2O2S/c1-2-11-21-14-6-4-3-5-13(14)16(20)18-9-7-12(8-10-18)15(17)19/h3-6,12H,2,7-11H2,1H3,(H2,17,19). The molecule has 0 bridgehead atoms. The topological polar surface area (TPSA) is 63.4 Å². The number of primary amides is 1. The largest absolute Gasteiger partial charge is 0.369 e. The lowest BCUT2D eigenvalue weighted by Crippen LogP contribution is -2.41. The number of thioether (sulfide) groups is 1. The molecule has 4 nitrogen and oxygen atoms in total. The van der Waals surface area contributed by atoms with E-state index in [1.165, 1.54) is 0 Å². The fourth-order valence-electron chi connectivity index (χ4n) is 2.52. The molecule has 1 aromatic carbocycles. The van der Waals surface area contributed by atoms with Crippen molar-refractivity contribution in [1.29, 1.82) is 0 Å². The van der Waals surface area contributed by atoms with Crippen LogP contribution in [0, 0.1) is 5.92 Å². The van der Waals surface area contributed by atoms with Gasteiger partial charge in [0, 0.05) is 23.9 Å². The fourth-order valence-corrected chi connectivity index (χ4v) is 3.43. The van der Waals surface area contributed by atoms with Gasteiger partial charge in [0.1, 0.15) is 0 Å². The first-order valence-corrected chi connectivity index (χ1v) is 8.42. The molecule has 2 rings (SSSR count). The van der Waals surface area contributed by atoms with E-state index >= 15 is 0 Å². The molecule has 0 atom stereocenters. The van der Waals surface area contributed by atoms with Crippen molar-refractivity contribution in [3.8, 4) is 0 Å². The van der Waals surface area contributed by atoms with Gasteiger partial charge in [-0.05, 0) is 37.1 Å². The van der Waals surface area contributed by atoms with Crippen molar-refractivity contribution in [1.82, 2.24) is 4.90 Å². The summed E-state index contributed by atoms with van der Waals surface area (Å²) in [5, 5.41) is 0. The average Bonchev–Trinajstić information content (AvgIpc) is 2.52. The smallest absolute Gasteiger partial charge is 0.254 e. The van der Waals surface area contributed by atoms with Crippen LogP contribution in [-0.4, -0.2) is 35.6 Å². The molecule has 1 heterocycles. The molecule has 0 saturated carbocycles. The van der Waals surface area contributed by atoms with Gasteiger partial charge in [0.05, 0.1) is 5.56 Å². The number of carbonyl (C=O) groups excluding carboxylic acids is 2. The zero-order valence-electron chi connectivity index (χ0n) is 12.4. The zero-order valence-corrected chi connectivity index (χ0v) is 13.2. The maximum Gasteiger partial charge on any atom is 0.254 e. The van der Waals surface area contributed by atoms with E-state index in [-0.39, 0.29) is 17.7 Å². The van der Waals surface area contributed by atoms with E-state index in [9.17, 15) is 9.59 Å². The molecule has 114 valence electrons. The van der Waals surface area contributed by atoms with Crippen LogP contribution in [0.15, 0.2) is 29.2 Å². The normalized spacial score (nSPS) is 16.0. The van der Waals surface area contributed by atoms with Gasteiger partial charge >= 0.3 is 0 Å². The molecule has 0 spiro atoms. The number of benzene rings is 1. The monoisotopic (exact) mass is 306 g/mol. The highest BCUT2D eigenvalue weighted by Crippen LogP contribution is 2.26. The maximum atomic E-state index is 12.7. The highest BCUT2D eigenvalue weighted by Gasteiger charge is 2.27. The average molecular weight is 306 g/mol. The number of hydrogen-bond acceptors (Lipinski definition) is 3. The van der Waals surface area contributed by atoms with Gasteiger partial charge in [-0.25, -0.2) is 0 Å². The number of likely N-dealkylation sites (tertiary alicyclic amines) is 1. The second kappa shape index (κ2) is 7.50. The predicted octanol–water partition coefficient (Wildman–Crippen LogP) is 2.53. The summed E-state index contributed by atoms with van der Waals surface area (Å²) >= 11 is 1.72. The molecule has 1 aromatic rings. The molecule has 1 aliphatic heterocycles. The van der Waals surface area contributed by atoms with Crippen molar-refractivity contribution in [2.75, 3.05) is 18.8 Å². The first kappa shape index (κ1) is 15.9. The van der Waals surface area contributed by atoms with Crippen LogP contribution >= 0.6 is 11.8 Å². The second-order valence-corrected chi connectivity index (χ2v) is 6.45. The van der Waals surface area contributed by atoms with Crippen LogP contribution in [0.4, 0.5) is 0 Å². The van der Waals surface area contributed by atoms with Gasteiger partial charge in [-0.15, -0.1) is 11.8 Å². The van der Waals surface area contributed by atoms with Crippen LogP contribution < -0.4 is 5.73 Å². The van der Waals surface area contributed by atoms with E-state index in [1.54, 1.807) is 11.8 Å². The molecule has 0 radical (unpaired) electrons. The van der Waals surface area contributed by atoms with Crippen LogP contribution in [0.2, 0.25) is 0 Å². The lowest BCUT2D eigenvalue weighted by atomic mass is 9.96. The van der Waals surface area contributed by atoms with E-state index in [0.717, 1.165) is 22.6 Å². The second-order valence-electron chi connectivity index (χ2n) is 5.31. The summed E-state index contributed by atoms with van der Waals surface area (Å²) in [5.41, 5.74) is 6.10. The zero-order chi connectivity index (χ0) is 15.2. The molecule has 21 heavy (non-hydrogen) atoms. The van der Waals surface area contributed by atoms with Crippen LogP contribution in [0.25, 0.3) is 0 Å². The van der Waals surface area contributed by atoms with Crippen molar-refractivity contribution < 1.29 is 9.59 Å². The Morgan fingerprint density at radius 1 is 1.29 bits per heavy atom. The van der Waals surface area contributed by atoms with E-state index < -0.39 is 0 Å². The number of hydrogen-bond donors (Lipinski definition) is 1. The van der Waals surface area contributed by atoms with Gasteiger partial charge in [-0.3, -0.25) is 9.59 Å². The summed E-state index contributed by atoms with van der Waals surface area (Å²) in [6.45, 7) is 3.35. The maximum absolute atomic E-state index is 12.7. The molecule has 2 amide bonds. The Kier molecular flexibility index (Phi) is 5.67. The molecular weight excluding hydrogens is 284 g/mol. The van der Waals surface area contributed by atoms with Crippen LogP contribution in [0.3, 0.4) is 0 Å². The Hall–Kier alpha value is -1.49. The Labute approximate surface area is 130 Å². The molecule has 1 saturated heterocycles. The number of rotatable bonds is 5. The summed E-state index contributed by atoms with van der Waals surface area (Å²) in [6.07, 6.45) is 2.42. The van der Waals surface area contributed by atoms with Crippen LogP contribution in [-0.2, 0) is 4.79 Å². The van der Waals surface area contributed by atoms with Crippen molar-refractivity contribution in [2.24, 2.45) is 11.7 Å². The summed E-state index contributed by atoms with van der Waals surface area (Å²) in [6, 6.07) is 7.76. The van der Waals surface area contributed by atoms with Gasteiger partial charge in [-0.1, -0.05) is 19.1 Å². The van der Waals surface area contributed by atoms with E-state index in [2.05, 4.69) is 6.92 Å². The third-order valence-corrected chi connectivity index (χ3v) is 5.04. The third kappa shape index (κ3) is 4.00. The Morgan fingerprint density at radius 2 is 1.95 bits per heavy atom. The van der Waals surface area contributed by atoms with Crippen molar-refractivity contribution in [2.45, 2.75) is 31.1 Å². The Balaban J connectivity index is 2.05. The number of carbonyl (C=O) groups is 2. The third-order valence-electron chi connectivity index (χ3n) is 3.76. The first-order chi connectivity index (χ1) is 10.1. The van der Waals surface area contributed by atoms with Crippen molar-refractivity contribution in [3.63, 3.8) is 0 Å². The summed E-state index contributed by atoms with van der Waals surface area (Å²) in [7, 11) is 0. The lowest BCUT2D eigenvalue weighted by Gasteiger charge is -2.31. The highest BCUT2D eigenvalue weighted by molar-refractivity contribution is 7.99. The minimum absolute atomic E-state index is 0.0668. The van der Waals surface area contributed by atoms with Gasteiger partial charge < -0.3 is 10.6 Å². The first-order valence-electron chi connectivity index (χ1n) is 7.44. The quantitative estimate of drug-likeness (QED) is 0.850. The van der Waals surface area contributed by atoms with Gasteiger partial charge in [0.15, 0.2) is 0 Å². The summed E-state index contributed by atoms with van der Waals surface area (Å²) in [4.78, 5) is 26.7. The SMILES string of the molecule is CCCSc1ccccc1C(=O)N1CCC(C(N)=O)CC1. The Bertz CT molecular complexity index is 511. The minimum Gasteiger partial charge on any atom is -0.369 e. The van der Waals surface area contributed by atoms with Gasteiger partial charge in [-0.2, -0.15) is 0 Å². The molecule has 2 N–H and O–H groups in total. The molecule has 1 aliphatic rings. The molecule has 0 aromatic heterocycles. The van der Waals surface area contributed by atoms with Gasteiger partial charge in [0.2, 0.25) is 5.91 Å². The lowest BCUT2D eigenvalue weighted by molar-refractivity contribution is -0.123. The Morgan fingerprint density at radius 3 is 2.57 bits per heavy atom. The van der Waals surface area contributed by atoms with Crippen molar-refractivity contribution >= 4 is 23.6 Å². The number of nitrogens with zero attached hydrogens (tertiary/aromatic N) is 1. The van der Waals surface area contributed by atoms with Crippen LogP contribution in [0.1, 0.15) is 36.5 Å². The van der Waals surface area contributed by atoms with Crippen LogP contribution in [0.5, 0.6) is 0 Å². The van der Waals surface area contributed by atoms with Crippen molar-refractivity contribution in [3.05, 3.63) is 29.8 Å². The molecule has 0 unspecified atom stereocenters. The predicted molar refractivity (Wildman–Crippen MR) is 85.3 cm³/mol.